The minimum Gasteiger partial charge on any atom is -0.392 e. The lowest BCUT2D eigenvalue weighted by atomic mass is 9.79. The number of pyridine rings is 1. The number of rotatable bonds is 3. The Morgan fingerprint density at radius 3 is 2.90 bits per heavy atom. The van der Waals surface area contributed by atoms with Crippen molar-refractivity contribution in [1.29, 1.82) is 0 Å². The molecule has 0 saturated heterocycles. The Hall–Kier alpha value is -1.67. The van der Waals surface area contributed by atoms with Crippen molar-refractivity contribution in [1.82, 2.24) is 4.98 Å². The van der Waals surface area contributed by atoms with E-state index in [0.717, 1.165) is 23.7 Å². The zero-order chi connectivity index (χ0) is 14.8. The van der Waals surface area contributed by atoms with Gasteiger partial charge in [-0.3, -0.25) is 4.98 Å². The molecule has 1 heterocycles. The van der Waals surface area contributed by atoms with Crippen molar-refractivity contribution in [2.24, 2.45) is 11.8 Å². The molecule has 110 valence electrons. The second kappa shape index (κ2) is 5.98. The van der Waals surface area contributed by atoms with Gasteiger partial charge in [-0.2, -0.15) is 0 Å². The number of benzene rings is 1. The van der Waals surface area contributed by atoms with Gasteiger partial charge in [-0.15, -0.1) is 0 Å². The van der Waals surface area contributed by atoms with E-state index in [2.05, 4.69) is 31.0 Å². The molecule has 3 unspecified atom stereocenters. The van der Waals surface area contributed by atoms with Crippen LogP contribution in [0.2, 0.25) is 0 Å². The molecular formula is C19H23NO. The number of aliphatic hydroxyl groups is 1. The first-order valence-corrected chi connectivity index (χ1v) is 7.81. The number of aliphatic hydroxyl groups excluding tert-OH is 1. The maximum Gasteiger partial charge on any atom is 0.0704 e. The summed E-state index contributed by atoms with van der Waals surface area (Å²) in [6.07, 6.45) is 6.73. The lowest BCUT2D eigenvalue weighted by Crippen LogP contribution is -2.27. The standard InChI is InChI=1S/C19H23NO/c1-13-9-14(2)11-16(10-13)19(21)12-15-7-8-20-18-6-4-3-5-17(15)18/h3-9,13,16,19,21H,10-12H2,1-2H3. The van der Waals surface area contributed by atoms with Crippen molar-refractivity contribution in [3.63, 3.8) is 0 Å². The lowest BCUT2D eigenvalue weighted by molar-refractivity contribution is 0.0935. The van der Waals surface area contributed by atoms with Gasteiger partial charge < -0.3 is 5.11 Å². The fourth-order valence-corrected chi connectivity index (χ4v) is 3.61. The number of hydrogen-bond acceptors (Lipinski definition) is 2. The van der Waals surface area contributed by atoms with Gasteiger partial charge in [0.05, 0.1) is 11.6 Å². The van der Waals surface area contributed by atoms with Gasteiger partial charge in [-0.25, -0.2) is 0 Å². The zero-order valence-electron chi connectivity index (χ0n) is 12.8. The lowest BCUT2D eigenvalue weighted by Gasteiger charge is -2.29. The van der Waals surface area contributed by atoms with Crippen LogP contribution in [0.15, 0.2) is 48.2 Å². The van der Waals surface area contributed by atoms with Gasteiger partial charge >= 0.3 is 0 Å². The van der Waals surface area contributed by atoms with Crippen LogP contribution in [-0.2, 0) is 6.42 Å². The zero-order valence-corrected chi connectivity index (χ0v) is 12.8. The van der Waals surface area contributed by atoms with Crippen molar-refractivity contribution in [3.8, 4) is 0 Å². The van der Waals surface area contributed by atoms with Crippen molar-refractivity contribution in [2.45, 2.75) is 39.2 Å². The fraction of sp³-hybridized carbons (Fsp3) is 0.421. The molecule has 0 spiro atoms. The molecule has 0 bridgehead atoms. The number of nitrogens with zero attached hydrogens (tertiary/aromatic N) is 1. The molecule has 1 N–H and O–H groups in total. The highest BCUT2D eigenvalue weighted by Crippen LogP contribution is 2.32. The Balaban J connectivity index is 1.81. The van der Waals surface area contributed by atoms with Gasteiger partial charge in [0, 0.05) is 11.6 Å². The second-order valence-corrected chi connectivity index (χ2v) is 6.45. The highest BCUT2D eigenvalue weighted by atomic mass is 16.3. The molecule has 0 radical (unpaired) electrons. The van der Waals surface area contributed by atoms with E-state index < -0.39 is 0 Å². The van der Waals surface area contributed by atoms with Crippen LogP contribution >= 0.6 is 0 Å². The minimum atomic E-state index is -0.276. The van der Waals surface area contributed by atoms with Crippen molar-refractivity contribution in [3.05, 3.63) is 53.7 Å². The summed E-state index contributed by atoms with van der Waals surface area (Å²) in [6, 6.07) is 10.2. The summed E-state index contributed by atoms with van der Waals surface area (Å²) >= 11 is 0. The van der Waals surface area contributed by atoms with Gasteiger partial charge in [-0.05, 0) is 55.7 Å². The fourth-order valence-electron chi connectivity index (χ4n) is 3.61. The monoisotopic (exact) mass is 281 g/mol. The van der Waals surface area contributed by atoms with Crippen molar-refractivity contribution in [2.75, 3.05) is 0 Å². The molecule has 2 nitrogen and oxygen atoms in total. The molecule has 21 heavy (non-hydrogen) atoms. The van der Waals surface area contributed by atoms with E-state index in [1.807, 2.05) is 30.5 Å². The first-order valence-electron chi connectivity index (χ1n) is 7.81. The molecule has 1 aromatic heterocycles. The van der Waals surface area contributed by atoms with Crippen LogP contribution in [-0.4, -0.2) is 16.2 Å². The quantitative estimate of drug-likeness (QED) is 0.858. The van der Waals surface area contributed by atoms with Crippen LogP contribution in [0.25, 0.3) is 10.9 Å². The van der Waals surface area contributed by atoms with Crippen molar-refractivity contribution < 1.29 is 5.11 Å². The molecule has 0 fully saturated rings. The molecule has 2 heteroatoms. The first-order chi connectivity index (χ1) is 10.1. The maximum absolute atomic E-state index is 10.7. The molecule has 0 saturated carbocycles. The number of fused-ring (bicyclic) bond motifs is 1. The molecular weight excluding hydrogens is 258 g/mol. The van der Waals surface area contributed by atoms with Gasteiger partial charge in [0.15, 0.2) is 0 Å². The minimum absolute atomic E-state index is 0.276. The molecule has 0 amide bonds. The SMILES string of the molecule is CC1=CC(C)CC(C(O)Cc2ccnc3ccccc23)C1. The van der Waals surface area contributed by atoms with Crippen LogP contribution in [0.4, 0.5) is 0 Å². The van der Waals surface area contributed by atoms with Crippen LogP contribution < -0.4 is 0 Å². The predicted octanol–water partition coefficient (Wildman–Crippen LogP) is 4.13. The summed E-state index contributed by atoms with van der Waals surface area (Å²) in [5, 5.41) is 11.8. The van der Waals surface area contributed by atoms with Gasteiger partial charge in [0.1, 0.15) is 0 Å². The number of hydrogen-bond donors (Lipinski definition) is 1. The van der Waals surface area contributed by atoms with Crippen LogP contribution in [0, 0.1) is 11.8 Å². The van der Waals surface area contributed by atoms with E-state index in [1.165, 1.54) is 11.1 Å². The highest BCUT2D eigenvalue weighted by molar-refractivity contribution is 5.81. The summed E-state index contributed by atoms with van der Waals surface area (Å²) in [5.74, 6) is 0.949. The third kappa shape index (κ3) is 3.16. The van der Waals surface area contributed by atoms with Crippen LogP contribution in [0.3, 0.4) is 0 Å². The van der Waals surface area contributed by atoms with E-state index in [1.54, 1.807) is 0 Å². The average molecular weight is 281 g/mol. The Morgan fingerprint density at radius 2 is 2.10 bits per heavy atom. The van der Waals surface area contributed by atoms with E-state index in [4.69, 9.17) is 0 Å². The number of aromatic nitrogens is 1. The summed E-state index contributed by atoms with van der Waals surface area (Å²) in [7, 11) is 0. The average Bonchev–Trinajstić information content (AvgIpc) is 2.46. The molecule has 1 aromatic carbocycles. The van der Waals surface area contributed by atoms with E-state index in [9.17, 15) is 5.11 Å². The molecule has 3 rings (SSSR count). The second-order valence-electron chi connectivity index (χ2n) is 6.45. The Labute approximate surface area is 126 Å². The van der Waals surface area contributed by atoms with Crippen molar-refractivity contribution >= 4 is 10.9 Å². The predicted molar refractivity (Wildman–Crippen MR) is 87.1 cm³/mol. The van der Waals surface area contributed by atoms with Crippen LogP contribution in [0.1, 0.15) is 32.3 Å². The summed E-state index contributed by atoms with van der Waals surface area (Å²) < 4.78 is 0. The summed E-state index contributed by atoms with van der Waals surface area (Å²) in [4.78, 5) is 4.40. The normalized spacial score (nSPS) is 23.9. The third-order valence-electron chi connectivity index (χ3n) is 4.54. The molecule has 3 atom stereocenters. The van der Waals surface area contributed by atoms with Gasteiger partial charge in [0.2, 0.25) is 0 Å². The van der Waals surface area contributed by atoms with E-state index >= 15 is 0 Å². The Kier molecular flexibility index (Phi) is 4.07. The summed E-state index contributed by atoms with van der Waals surface area (Å²) in [6.45, 7) is 4.42. The summed E-state index contributed by atoms with van der Waals surface area (Å²) in [5.41, 5.74) is 3.63. The topological polar surface area (TPSA) is 33.1 Å². The molecule has 0 aliphatic heterocycles. The molecule has 2 aromatic rings. The Bertz CT molecular complexity index is 656. The number of allylic oxidation sites excluding steroid dienone is 2. The van der Waals surface area contributed by atoms with E-state index in [-0.39, 0.29) is 6.10 Å². The van der Waals surface area contributed by atoms with Gasteiger partial charge in [0.25, 0.3) is 0 Å². The molecule has 1 aliphatic carbocycles. The van der Waals surface area contributed by atoms with E-state index in [0.29, 0.717) is 18.3 Å². The maximum atomic E-state index is 10.7. The largest absolute Gasteiger partial charge is 0.392 e. The highest BCUT2D eigenvalue weighted by Gasteiger charge is 2.25. The number of para-hydroxylation sites is 1. The smallest absolute Gasteiger partial charge is 0.0704 e. The molecule has 1 aliphatic rings. The Morgan fingerprint density at radius 1 is 1.29 bits per heavy atom. The third-order valence-corrected chi connectivity index (χ3v) is 4.54. The first kappa shape index (κ1) is 14.3. The van der Waals surface area contributed by atoms with Gasteiger partial charge in [-0.1, -0.05) is 36.8 Å². The van der Waals surface area contributed by atoms with Crippen LogP contribution in [0.5, 0.6) is 0 Å².